The molecule has 22 heavy (non-hydrogen) atoms. The molecule has 7 nitrogen and oxygen atoms in total. The van der Waals surface area contributed by atoms with Gasteiger partial charge in [-0.15, -0.1) is 0 Å². The number of carboxylic acid groups (broad SMARTS) is 1. The maximum absolute atomic E-state index is 13.9. The molecule has 0 bridgehead atoms. The van der Waals surface area contributed by atoms with Crippen LogP contribution in [0.2, 0.25) is 0 Å². The van der Waals surface area contributed by atoms with Crippen molar-refractivity contribution < 1.29 is 36.8 Å². The van der Waals surface area contributed by atoms with Gasteiger partial charge in [0, 0.05) is 0 Å². The summed E-state index contributed by atoms with van der Waals surface area (Å²) < 4.78 is 47.7. The summed E-state index contributed by atoms with van der Waals surface area (Å²) in [5.74, 6) is -3.67. The second kappa shape index (κ2) is 6.91. The second-order valence-electron chi connectivity index (χ2n) is 6.01. The molecule has 0 spiro atoms. The lowest BCUT2D eigenvalue weighted by molar-refractivity contribution is -0.161. The number of carbonyl (C=O) groups is 2. The average molecular weight is 340 g/mol. The first-order valence-electron chi connectivity index (χ1n) is 6.99. The summed E-state index contributed by atoms with van der Waals surface area (Å²) in [4.78, 5) is 23.0. The van der Waals surface area contributed by atoms with Gasteiger partial charge in [-0.3, -0.25) is 14.1 Å². The monoisotopic (exact) mass is 340 g/mol. The van der Waals surface area contributed by atoms with Crippen molar-refractivity contribution in [1.29, 1.82) is 0 Å². The summed E-state index contributed by atoms with van der Waals surface area (Å²) in [5, 5.41) is 9.08. The average Bonchev–Trinajstić information content (AvgIpc) is 2.42. The number of rotatable bonds is 6. The first kappa shape index (κ1) is 18.8. The van der Waals surface area contributed by atoms with Crippen LogP contribution in [0.25, 0.3) is 0 Å². The highest BCUT2D eigenvalue weighted by atomic mass is 32.2. The number of hydrogen-bond acceptors (Lipinski definition) is 5. The van der Waals surface area contributed by atoms with Crippen LogP contribution in [-0.4, -0.2) is 47.5 Å². The van der Waals surface area contributed by atoms with E-state index in [1.165, 1.54) is 0 Å². The van der Waals surface area contributed by atoms with E-state index in [4.69, 9.17) is 14.4 Å². The van der Waals surface area contributed by atoms with Crippen molar-refractivity contribution in [2.24, 2.45) is 11.8 Å². The quantitative estimate of drug-likeness (QED) is 0.554. The minimum atomic E-state index is -4.66. The molecule has 0 aromatic rings. The van der Waals surface area contributed by atoms with E-state index in [0.717, 1.165) is 13.8 Å². The molecule has 9 heteroatoms. The first-order valence-corrected chi connectivity index (χ1v) is 8.43. The number of hydrogen-bond donors (Lipinski definition) is 2. The van der Waals surface area contributed by atoms with E-state index in [0.29, 0.717) is 25.7 Å². The van der Waals surface area contributed by atoms with Crippen molar-refractivity contribution in [2.75, 3.05) is 6.61 Å². The van der Waals surface area contributed by atoms with Crippen molar-refractivity contribution in [1.82, 2.24) is 0 Å². The molecule has 0 heterocycles. The molecule has 1 fully saturated rings. The zero-order valence-electron chi connectivity index (χ0n) is 12.5. The van der Waals surface area contributed by atoms with E-state index in [1.54, 1.807) is 0 Å². The molecule has 2 N–H and O–H groups in total. The second-order valence-corrected chi connectivity index (χ2v) is 8.01. The van der Waals surface area contributed by atoms with Crippen LogP contribution < -0.4 is 0 Å². The number of aliphatic carboxylic acids is 1. The van der Waals surface area contributed by atoms with Gasteiger partial charge in [0.05, 0.1) is 11.8 Å². The fraction of sp³-hybridized carbons (Fsp3) is 0.846. The Balaban J connectivity index is 2.67. The van der Waals surface area contributed by atoms with E-state index in [2.05, 4.69) is 0 Å². The predicted molar refractivity (Wildman–Crippen MR) is 74.6 cm³/mol. The number of esters is 1. The van der Waals surface area contributed by atoms with Crippen LogP contribution in [0.4, 0.5) is 4.39 Å². The fourth-order valence-electron chi connectivity index (χ4n) is 2.33. The maximum Gasteiger partial charge on any atom is 0.309 e. The molecule has 0 radical (unpaired) electrons. The van der Waals surface area contributed by atoms with Gasteiger partial charge in [-0.05, 0) is 26.7 Å². The van der Waals surface area contributed by atoms with E-state index in [9.17, 15) is 22.4 Å². The summed E-state index contributed by atoms with van der Waals surface area (Å²) in [7, 11) is -4.66. The van der Waals surface area contributed by atoms with Gasteiger partial charge in [0.2, 0.25) is 0 Å². The van der Waals surface area contributed by atoms with Crippen LogP contribution in [0.5, 0.6) is 0 Å². The lowest BCUT2D eigenvalue weighted by Crippen LogP contribution is -2.44. The summed E-state index contributed by atoms with van der Waals surface area (Å²) in [5.41, 5.74) is 0. The summed E-state index contributed by atoms with van der Waals surface area (Å²) in [6, 6.07) is 0. The lowest BCUT2D eigenvalue weighted by atomic mass is 9.79. The van der Waals surface area contributed by atoms with Crippen molar-refractivity contribution in [3.63, 3.8) is 0 Å². The van der Waals surface area contributed by atoms with Crippen LogP contribution in [-0.2, 0) is 24.4 Å². The third-order valence-electron chi connectivity index (χ3n) is 4.18. The Labute approximate surface area is 128 Å². The normalized spacial score (nSPS) is 24.5. The van der Waals surface area contributed by atoms with Gasteiger partial charge in [0.1, 0.15) is 11.4 Å². The van der Waals surface area contributed by atoms with Gasteiger partial charge in [0.25, 0.3) is 10.1 Å². The number of halogens is 1. The molecule has 0 aliphatic heterocycles. The highest BCUT2D eigenvalue weighted by Crippen LogP contribution is 2.31. The smallest absolute Gasteiger partial charge is 0.309 e. The number of ether oxygens (including phenoxy) is 1. The van der Waals surface area contributed by atoms with Crippen LogP contribution in [0, 0.1) is 11.8 Å². The number of carbonyl (C=O) groups excluding carboxylic acids is 1. The van der Waals surface area contributed by atoms with Gasteiger partial charge in [-0.25, -0.2) is 4.39 Å². The summed E-state index contributed by atoms with van der Waals surface area (Å²) in [6.07, 6.45) is -0.0566. The van der Waals surface area contributed by atoms with Crippen LogP contribution in [0.15, 0.2) is 0 Å². The fourth-order valence-corrected chi connectivity index (χ4v) is 2.72. The molecule has 128 valence electrons. The Morgan fingerprint density at radius 3 is 2.23 bits per heavy atom. The SMILES string of the molecule is CC(C)(C(F)COC(=O)C1CCCCC1C(=O)O)S(=O)(=O)O. The van der Waals surface area contributed by atoms with Crippen molar-refractivity contribution in [2.45, 2.75) is 50.4 Å². The molecule has 3 atom stereocenters. The zero-order valence-corrected chi connectivity index (χ0v) is 13.3. The molecule has 1 saturated carbocycles. The maximum atomic E-state index is 13.9. The molecule has 0 amide bonds. The molecule has 0 aromatic carbocycles. The Morgan fingerprint density at radius 1 is 1.27 bits per heavy atom. The van der Waals surface area contributed by atoms with Gasteiger partial charge in [-0.2, -0.15) is 8.42 Å². The largest absolute Gasteiger partial charge is 0.481 e. The Kier molecular flexibility index (Phi) is 5.91. The molecular weight excluding hydrogens is 319 g/mol. The van der Waals surface area contributed by atoms with Gasteiger partial charge in [0.15, 0.2) is 6.17 Å². The molecule has 3 unspecified atom stereocenters. The molecule has 0 saturated heterocycles. The van der Waals surface area contributed by atoms with E-state index < -0.39 is 51.4 Å². The van der Waals surface area contributed by atoms with Gasteiger partial charge < -0.3 is 9.84 Å². The third kappa shape index (κ3) is 4.16. The standard InChI is InChI=1S/C13H21FO7S/c1-13(2,22(18,19)20)10(14)7-21-12(17)9-6-4-3-5-8(9)11(15)16/h8-10H,3-7H2,1-2H3,(H,15,16)(H,18,19,20). The van der Waals surface area contributed by atoms with E-state index in [-0.39, 0.29) is 0 Å². The van der Waals surface area contributed by atoms with Crippen LogP contribution >= 0.6 is 0 Å². The molecule has 1 rings (SSSR count). The summed E-state index contributed by atoms with van der Waals surface area (Å²) >= 11 is 0. The minimum Gasteiger partial charge on any atom is -0.481 e. The number of carboxylic acids is 1. The summed E-state index contributed by atoms with van der Waals surface area (Å²) in [6.45, 7) is 1.09. The van der Waals surface area contributed by atoms with Gasteiger partial charge >= 0.3 is 11.9 Å². The van der Waals surface area contributed by atoms with Crippen LogP contribution in [0.1, 0.15) is 39.5 Å². The highest BCUT2D eigenvalue weighted by molar-refractivity contribution is 7.87. The zero-order chi connectivity index (χ0) is 17.1. The third-order valence-corrected chi connectivity index (χ3v) is 5.76. The van der Waals surface area contributed by atoms with Gasteiger partial charge in [-0.1, -0.05) is 12.8 Å². The molecule has 0 aromatic heterocycles. The first-order chi connectivity index (χ1) is 9.98. The predicted octanol–water partition coefficient (Wildman–Crippen LogP) is 1.43. The molecular formula is C13H21FO7S. The highest BCUT2D eigenvalue weighted by Gasteiger charge is 2.43. The molecule has 1 aliphatic rings. The van der Waals surface area contributed by atoms with E-state index in [1.807, 2.05) is 0 Å². The van der Waals surface area contributed by atoms with Crippen molar-refractivity contribution in [3.05, 3.63) is 0 Å². The molecule has 1 aliphatic carbocycles. The van der Waals surface area contributed by atoms with Crippen LogP contribution in [0.3, 0.4) is 0 Å². The van der Waals surface area contributed by atoms with Crippen molar-refractivity contribution >= 4 is 22.1 Å². The Morgan fingerprint density at radius 2 is 1.77 bits per heavy atom. The topological polar surface area (TPSA) is 118 Å². The lowest BCUT2D eigenvalue weighted by Gasteiger charge is -2.28. The Hall–Kier alpha value is -1.22. The number of alkyl halides is 1. The van der Waals surface area contributed by atoms with E-state index >= 15 is 0 Å². The van der Waals surface area contributed by atoms with Crippen molar-refractivity contribution in [3.8, 4) is 0 Å². The Bertz CT molecular complexity index is 529. The minimum absolute atomic E-state index is 0.342.